The van der Waals surface area contributed by atoms with E-state index in [2.05, 4.69) is 11.9 Å². The van der Waals surface area contributed by atoms with Crippen LogP contribution in [-0.4, -0.2) is 21.8 Å². The van der Waals surface area contributed by atoms with Gasteiger partial charge in [0.25, 0.3) is 0 Å². The van der Waals surface area contributed by atoms with Gasteiger partial charge in [-0.1, -0.05) is 0 Å². The van der Waals surface area contributed by atoms with E-state index in [1.165, 1.54) is 17.8 Å². The highest BCUT2D eigenvalue weighted by atomic mass is 32.2. The molecule has 2 heterocycles. The number of rotatable bonds is 2. The average Bonchev–Trinajstić information content (AvgIpc) is 2.72. The van der Waals surface area contributed by atoms with E-state index in [4.69, 9.17) is 5.11 Å². The van der Waals surface area contributed by atoms with Gasteiger partial charge in [0.1, 0.15) is 9.88 Å². The van der Waals surface area contributed by atoms with Crippen molar-refractivity contribution in [3.63, 3.8) is 0 Å². The molecule has 1 N–H and O–H groups in total. The number of nitrogens with zero attached hydrogens (tertiary/aromatic N) is 1. The predicted molar refractivity (Wildman–Crippen MR) is 62.9 cm³/mol. The minimum atomic E-state index is -0.858. The number of carboxylic acids is 1. The fraction of sp³-hybridized carbons (Fsp3) is 0.600. The van der Waals surface area contributed by atoms with Crippen LogP contribution in [0.15, 0.2) is 0 Å². The lowest BCUT2D eigenvalue weighted by Crippen LogP contribution is -2.11. The van der Waals surface area contributed by atoms with Crippen molar-refractivity contribution in [1.29, 1.82) is 0 Å². The molecule has 0 spiro atoms. The number of hydrogen-bond acceptors (Lipinski definition) is 4. The highest BCUT2D eigenvalue weighted by molar-refractivity contribution is 8.00. The van der Waals surface area contributed by atoms with Crippen LogP contribution >= 0.6 is 23.1 Å². The summed E-state index contributed by atoms with van der Waals surface area (Å²) in [7, 11) is 0. The van der Waals surface area contributed by atoms with Gasteiger partial charge in [0.05, 0.1) is 10.4 Å². The summed E-state index contributed by atoms with van der Waals surface area (Å²) < 4.78 is 0.0448. The lowest BCUT2D eigenvalue weighted by Gasteiger charge is -2.18. The molecule has 1 aliphatic rings. The van der Waals surface area contributed by atoms with Gasteiger partial charge >= 0.3 is 5.97 Å². The SMILES string of the molecule is Cc1nc(C2(C)CCCS2)sc1C(=O)O. The molecule has 15 heavy (non-hydrogen) atoms. The number of carbonyl (C=O) groups is 1. The molecule has 82 valence electrons. The molecule has 3 nitrogen and oxygen atoms in total. The van der Waals surface area contributed by atoms with Gasteiger partial charge in [0.15, 0.2) is 0 Å². The molecule has 0 radical (unpaired) electrons. The van der Waals surface area contributed by atoms with Gasteiger partial charge in [0, 0.05) is 0 Å². The predicted octanol–water partition coefficient (Wildman–Crippen LogP) is 2.89. The smallest absolute Gasteiger partial charge is 0.347 e. The Morgan fingerprint density at radius 3 is 2.80 bits per heavy atom. The average molecular weight is 243 g/mol. The van der Waals surface area contributed by atoms with Crippen LogP contribution < -0.4 is 0 Å². The zero-order chi connectivity index (χ0) is 11.1. The van der Waals surface area contributed by atoms with E-state index >= 15 is 0 Å². The van der Waals surface area contributed by atoms with Gasteiger partial charge in [-0.25, -0.2) is 9.78 Å². The molecule has 1 unspecified atom stereocenters. The number of thiazole rings is 1. The van der Waals surface area contributed by atoms with Crippen molar-refractivity contribution in [1.82, 2.24) is 4.98 Å². The van der Waals surface area contributed by atoms with Crippen LogP contribution in [0.4, 0.5) is 0 Å². The number of carboxylic acid groups (broad SMARTS) is 1. The first kappa shape index (κ1) is 11.0. The number of aromatic nitrogens is 1. The van der Waals surface area contributed by atoms with Gasteiger partial charge in [-0.3, -0.25) is 0 Å². The van der Waals surface area contributed by atoms with Crippen molar-refractivity contribution in [2.45, 2.75) is 31.4 Å². The third kappa shape index (κ3) is 1.90. The lowest BCUT2D eigenvalue weighted by atomic mass is 10.1. The summed E-state index contributed by atoms with van der Waals surface area (Å²) in [6.07, 6.45) is 2.30. The molecule has 0 aliphatic carbocycles. The van der Waals surface area contributed by atoms with E-state index in [1.807, 2.05) is 11.8 Å². The van der Waals surface area contributed by atoms with Crippen molar-refractivity contribution >= 4 is 29.1 Å². The lowest BCUT2D eigenvalue weighted by molar-refractivity contribution is 0.0701. The topological polar surface area (TPSA) is 50.2 Å². The van der Waals surface area contributed by atoms with Crippen LogP contribution in [-0.2, 0) is 4.75 Å². The monoisotopic (exact) mass is 243 g/mol. The first-order chi connectivity index (χ1) is 7.03. The molecular formula is C10H13NO2S2. The van der Waals surface area contributed by atoms with E-state index in [0.717, 1.165) is 17.2 Å². The third-order valence-electron chi connectivity index (χ3n) is 2.66. The fourth-order valence-corrected chi connectivity index (χ4v) is 4.24. The molecule has 5 heteroatoms. The second-order valence-electron chi connectivity index (χ2n) is 3.92. The normalized spacial score (nSPS) is 25.7. The molecule has 1 aliphatic heterocycles. The molecule has 1 saturated heterocycles. The number of aromatic carboxylic acids is 1. The van der Waals surface area contributed by atoms with E-state index in [1.54, 1.807) is 6.92 Å². The minimum absolute atomic E-state index is 0.0448. The summed E-state index contributed by atoms with van der Waals surface area (Å²) >= 11 is 3.22. The van der Waals surface area contributed by atoms with Crippen LogP contribution in [0.5, 0.6) is 0 Å². The summed E-state index contributed by atoms with van der Waals surface area (Å²) in [5.74, 6) is 0.292. The van der Waals surface area contributed by atoms with Gasteiger partial charge in [-0.05, 0) is 32.4 Å². The fourth-order valence-electron chi connectivity index (χ4n) is 1.77. The number of aryl methyl sites for hydroxylation is 1. The standard InChI is InChI=1S/C10H13NO2S2/c1-6-7(8(12)13)15-9(11-6)10(2)4-3-5-14-10/h3-5H2,1-2H3,(H,12,13). The van der Waals surface area contributed by atoms with Gasteiger partial charge in [-0.2, -0.15) is 0 Å². The Bertz CT molecular complexity index is 394. The molecule has 0 bridgehead atoms. The molecule has 0 saturated carbocycles. The van der Waals surface area contributed by atoms with Crippen molar-refractivity contribution < 1.29 is 9.90 Å². The maximum absolute atomic E-state index is 10.9. The summed E-state index contributed by atoms with van der Waals surface area (Å²) in [5.41, 5.74) is 0.649. The zero-order valence-electron chi connectivity index (χ0n) is 8.74. The molecule has 2 rings (SSSR count). The summed E-state index contributed by atoms with van der Waals surface area (Å²) in [4.78, 5) is 15.7. The van der Waals surface area contributed by atoms with Crippen molar-refractivity contribution in [2.75, 3.05) is 5.75 Å². The van der Waals surface area contributed by atoms with Crippen LogP contribution in [0.3, 0.4) is 0 Å². The Labute approximate surface area is 96.9 Å². The maximum Gasteiger partial charge on any atom is 0.347 e. The second kappa shape index (κ2) is 3.79. The van der Waals surface area contributed by atoms with Crippen LogP contribution in [0.2, 0.25) is 0 Å². The van der Waals surface area contributed by atoms with Gasteiger partial charge < -0.3 is 5.11 Å². The molecule has 1 atom stereocenters. The molecular weight excluding hydrogens is 230 g/mol. The van der Waals surface area contributed by atoms with E-state index < -0.39 is 5.97 Å². The van der Waals surface area contributed by atoms with Crippen molar-refractivity contribution in [3.05, 3.63) is 15.6 Å². The molecule has 0 amide bonds. The highest BCUT2D eigenvalue weighted by Crippen LogP contribution is 2.47. The molecule has 0 aromatic carbocycles. The first-order valence-corrected chi connectivity index (χ1v) is 6.68. The zero-order valence-corrected chi connectivity index (χ0v) is 10.4. The number of thioether (sulfide) groups is 1. The van der Waals surface area contributed by atoms with E-state index in [9.17, 15) is 4.79 Å². The Morgan fingerprint density at radius 1 is 1.60 bits per heavy atom. The summed E-state index contributed by atoms with van der Waals surface area (Å²) in [5, 5.41) is 9.94. The summed E-state index contributed by atoms with van der Waals surface area (Å²) in [6, 6.07) is 0. The largest absolute Gasteiger partial charge is 0.477 e. The third-order valence-corrected chi connectivity index (χ3v) is 5.73. The Balaban J connectivity index is 2.37. The molecule has 1 aromatic rings. The van der Waals surface area contributed by atoms with Crippen LogP contribution in [0.25, 0.3) is 0 Å². The van der Waals surface area contributed by atoms with Gasteiger partial charge in [0.2, 0.25) is 0 Å². The maximum atomic E-state index is 10.9. The van der Waals surface area contributed by atoms with Crippen molar-refractivity contribution in [3.8, 4) is 0 Å². The number of hydrogen-bond donors (Lipinski definition) is 1. The highest BCUT2D eigenvalue weighted by Gasteiger charge is 2.35. The molecule has 1 fully saturated rings. The van der Waals surface area contributed by atoms with E-state index in [-0.39, 0.29) is 4.75 Å². The molecule has 1 aromatic heterocycles. The Morgan fingerprint density at radius 2 is 2.33 bits per heavy atom. The van der Waals surface area contributed by atoms with E-state index in [0.29, 0.717) is 10.6 Å². The summed E-state index contributed by atoms with van der Waals surface area (Å²) in [6.45, 7) is 3.93. The first-order valence-electron chi connectivity index (χ1n) is 4.88. The van der Waals surface area contributed by atoms with Gasteiger partial charge in [-0.15, -0.1) is 23.1 Å². The van der Waals surface area contributed by atoms with Crippen LogP contribution in [0, 0.1) is 6.92 Å². The second-order valence-corrected chi connectivity index (χ2v) is 6.52. The Kier molecular flexibility index (Phi) is 2.77. The van der Waals surface area contributed by atoms with Crippen LogP contribution in [0.1, 0.15) is 40.1 Å². The Hall–Kier alpha value is -0.550. The minimum Gasteiger partial charge on any atom is -0.477 e. The quantitative estimate of drug-likeness (QED) is 0.867. The van der Waals surface area contributed by atoms with Crippen molar-refractivity contribution in [2.24, 2.45) is 0 Å².